The van der Waals surface area contributed by atoms with Gasteiger partial charge in [0.1, 0.15) is 12.5 Å². The van der Waals surface area contributed by atoms with E-state index in [0.29, 0.717) is 29.6 Å². The predicted octanol–water partition coefficient (Wildman–Crippen LogP) is 2.91. The fraction of sp³-hybridized carbons (Fsp3) is 0.294. The quantitative estimate of drug-likeness (QED) is 0.719. The number of nitrogens with one attached hydrogen (secondary N) is 2. The summed E-state index contributed by atoms with van der Waals surface area (Å²) in [7, 11) is 1.40. The maximum atomic E-state index is 14.8. The Morgan fingerprint density at radius 1 is 1.38 bits per heavy atom. The van der Waals surface area contributed by atoms with Gasteiger partial charge in [-0.05, 0) is 31.0 Å². The van der Waals surface area contributed by atoms with Crippen molar-refractivity contribution >= 4 is 33.2 Å². The molecule has 0 saturated carbocycles. The zero-order chi connectivity index (χ0) is 18.8. The number of pyridine rings is 1. The number of methoxy groups -OCH3 is 1. The van der Waals surface area contributed by atoms with Gasteiger partial charge in [0.2, 0.25) is 5.82 Å². The van der Waals surface area contributed by atoms with Gasteiger partial charge in [-0.25, -0.2) is 4.39 Å². The molecule has 2 heterocycles. The van der Waals surface area contributed by atoms with Gasteiger partial charge in [0, 0.05) is 23.8 Å². The van der Waals surface area contributed by atoms with E-state index in [9.17, 15) is 18.4 Å². The second kappa shape index (κ2) is 7.55. The van der Waals surface area contributed by atoms with Crippen LogP contribution in [0.4, 0.5) is 20.2 Å². The number of hydrogen-bond acceptors (Lipinski definition) is 4. The molecule has 0 bridgehead atoms. The Morgan fingerprint density at radius 2 is 2.15 bits per heavy atom. The van der Waals surface area contributed by atoms with Gasteiger partial charge in [0.25, 0.3) is 11.5 Å². The van der Waals surface area contributed by atoms with Crippen LogP contribution in [0.3, 0.4) is 0 Å². The van der Waals surface area contributed by atoms with Gasteiger partial charge in [-0.2, -0.15) is 4.39 Å². The summed E-state index contributed by atoms with van der Waals surface area (Å²) in [5, 5.41) is 5.07. The van der Waals surface area contributed by atoms with E-state index in [0.717, 1.165) is 0 Å². The van der Waals surface area contributed by atoms with Gasteiger partial charge in [-0.3, -0.25) is 9.59 Å². The molecule has 0 fully saturated rings. The molecule has 0 spiro atoms. The number of amides is 1. The molecule has 3 rings (SSSR count). The largest absolute Gasteiger partial charge is 0.364 e. The first kappa shape index (κ1) is 18.5. The Bertz CT molecular complexity index is 930. The van der Waals surface area contributed by atoms with Crippen LogP contribution in [0.1, 0.15) is 22.5 Å². The Morgan fingerprint density at radius 3 is 2.85 bits per heavy atom. The highest BCUT2D eigenvalue weighted by molar-refractivity contribution is 9.10. The summed E-state index contributed by atoms with van der Waals surface area (Å²) >= 11 is 3.14. The zero-order valence-corrected chi connectivity index (χ0v) is 15.5. The topological polar surface area (TPSA) is 72.4 Å². The molecule has 2 N–H and O–H groups in total. The van der Waals surface area contributed by atoms with Crippen LogP contribution in [-0.2, 0) is 17.7 Å². The van der Waals surface area contributed by atoms with E-state index in [1.165, 1.54) is 23.8 Å². The van der Waals surface area contributed by atoms with Gasteiger partial charge >= 0.3 is 0 Å². The first-order valence-corrected chi connectivity index (χ1v) is 8.67. The monoisotopic (exact) mass is 427 g/mol. The van der Waals surface area contributed by atoms with Crippen LogP contribution in [0.5, 0.6) is 0 Å². The average molecular weight is 428 g/mol. The number of halogens is 3. The number of carbonyl (C=O) groups is 1. The van der Waals surface area contributed by atoms with Crippen molar-refractivity contribution in [3.8, 4) is 0 Å². The van der Waals surface area contributed by atoms with Crippen molar-refractivity contribution in [2.45, 2.75) is 19.4 Å². The van der Waals surface area contributed by atoms with E-state index in [-0.39, 0.29) is 23.7 Å². The summed E-state index contributed by atoms with van der Waals surface area (Å²) in [5.74, 6) is -2.38. The van der Waals surface area contributed by atoms with E-state index < -0.39 is 23.1 Å². The molecule has 2 aromatic rings. The molecule has 0 aliphatic carbocycles. The number of rotatable bonds is 5. The van der Waals surface area contributed by atoms with E-state index in [1.807, 2.05) is 0 Å². The molecule has 9 heteroatoms. The second-order valence-corrected chi connectivity index (χ2v) is 6.67. The fourth-order valence-electron chi connectivity index (χ4n) is 2.95. The van der Waals surface area contributed by atoms with Gasteiger partial charge in [-0.1, -0.05) is 15.9 Å². The molecular weight excluding hydrogens is 412 g/mol. The van der Waals surface area contributed by atoms with Crippen molar-refractivity contribution in [1.29, 1.82) is 0 Å². The van der Waals surface area contributed by atoms with E-state index >= 15 is 0 Å². The van der Waals surface area contributed by atoms with Crippen molar-refractivity contribution in [2.75, 3.05) is 19.2 Å². The molecule has 0 saturated heterocycles. The molecule has 0 radical (unpaired) electrons. The van der Waals surface area contributed by atoms with Crippen LogP contribution < -0.4 is 16.2 Å². The molecule has 1 aliphatic heterocycles. The van der Waals surface area contributed by atoms with E-state index in [2.05, 4.69) is 26.6 Å². The van der Waals surface area contributed by atoms with Crippen LogP contribution in [0.15, 0.2) is 27.5 Å². The van der Waals surface area contributed by atoms with Crippen molar-refractivity contribution in [3.05, 3.63) is 55.9 Å². The van der Waals surface area contributed by atoms with Crippen LogP contribution in [0.2, 0.25) is 0 Å². The number of carbonyl (C=O) groups excluding carboxylic acids is 1. The van der Waals surface area contributed by atoms with Crippen LogP contribution in [0.25, 0.3) is 0 Å². The standard InChI is InChI=1S/C17H16BrF2N3O3/c1-26-8-21-16(24)13-12-3-2-6-23(12)17(25)14(20)15(13)22-11-5-4-9(18)7-10(11)19/h4-5,7,22H,2-3,6,8H2,1H3,(H,21,24). The van der Waals surface area contributed by atoms with Gasteiger partial charge < -0.3 is 19.9 Å². The number of nitrogens with zero attached hydrogens (tertiary/aromatic N) is 1. The second-order valence-electron chi connectivity index (χ2n) is 5.76. The van der Waals surface area contributed by atoms with Crippen LogP contribution in [-0.4, -0.2) is 24.3 Å². The molecule has 1 aromatic carbocycles. The average Bonchev–Trinajstić information content (AvgIpc) is 3.09. The summed E-state index contributed by atoms with van der Waals surface area (Å²) in [4.78, 5) is 24.9. The lowest BCUT2D eigenvalue weighted by molar-refractivity contribution is 0.0871. The Kier molecular flexibility index (Phi) is 5.38. The van der Waals surface area contributed by atoms with Crippen molar-refractivity contribution in [2.24, 2.45) is 0 Å². The zero-order valence-electron chi connectivity index (χ0n) is 13.9. The van der Waals surface area contributed by atoms with Crippen molar-refractivity contribution < 1.29 is 18.3 Å². The highest BCUT2D eigenvalue weighted by atomic mass is 79.9. The van der Waals surface area contributed by atoms with E-state index in [1.54, 1.807) is 6.07 Å². The predicted molar refractivity (Wildman–Crippen MR) is 95.7 cm³/mol. The van der Waals surface area contributed by atoms with Crippen LogP contribution in [0, 0.1) is 11.6 Å². The lowest BCUT2D eigenvalue weighted by Gasteiger charge is -2.17. The summed E-state index contributed by atoms with van der Waals surface area (Å²) in [6, 6.07) is 4.15. The maximum absolute atomic E-state index is 14.8. The third-order valence-electron chi connectivity index (χ3n) is 4.11. The van der Waals surface area contributed by atoms with Gasteiger partial charge in [0.15, 0.2) is 0 Å². The summed E-state index contributed by atoms with van der Waals surface area (Å²) in [5.41, 5.74) is -0.807. The third kappa shape index (κ3) is 3.36. The minimum atomic E-state index is -1.12. The Labute approximate surface area is 156 Å². The molecule has 0 unspecified atom stereocenters. The number of fused-ring (bicyclic) bond motifs is 1. The number of aromatic nitrogens is 1. The first-order valence-electron chi connectivity index (χ1n) is 7.88. The number of anilines is 2. The molecule has 6 nitrogen and oxygen atoms in total. The van der Waals surface area contributed by atoms with Crippen molar-refractivity contribution in [1.82, 2.24) is 9.88 Å². The SMILES string of the molecule is COCNC(=O)c1c(Nc2ccc(Br)cc2F)c(F)c(=O)n2c1CCC2. The minimum absolute atomic E-state index is 0.0148. The molecular formula is C17H16BrF2N3O3. The summed E-state index contributed by atoms with van der Waals surface area (Å²) < 4.78 is 35.5. The molecule has 1 amide bonds. The third-order valence-corrected chi connectivity index (χ3v) is 4.60. The molecule has 26 heavy (non-hydrogen) atoms. The Hall–Kier alpha value is -2.26. The molecule has 0 atom stereocenters. The fourth-order valence-corrected chi connectivity index (χ4v) is 3.28. The van der Waals surface area contributed by atoms with Gasteiger partial charge in [-0.15, -0.1) is 0 Å². The number of hydrogen-bond donors (Lipinski definition) is 2. The highest BCUT2D eigenvalue weighted by Gasteiger charge is 2.29. The van der Waals surface area contributed by atoms with Crippen LogP contribution >= 0.6 is 15.9 Å². The summed E-state index contributed by atoms with van der Waals surface area (Å²) in [6.45, 7) is 0.258. The highest BCUT2D eigenvalue weighted by Crippen LogP contribution is 2.30. The molecule has 1 aliphatic rings. The number of ether oxygens (including phenoxy) is 1. The first-order chi connectivity index (χ1) is 12.4. The van der Waals surface area contributed by atoms with E-state index in [4.69, 9.17) is 4.74 Å². The molecule has 1 aromatic heterocycles. The maximum Gasteiger partial charge on any atom is 0.289 e. The number of benzene rings is 1. The lowest BCUT2D eigenvalue weighted by Crippen LogP contribution is -2.32. The van der Waals surface area contributed by atoms with Gasteiger partial charge in [0.05, 0.1) is 16.9 Å². The normalized spacial score (nSPS) is 12.8. The Balaban J connectivity index is 2.15. The van der Waals surface area contributed by atoms with Crippen molar-refractivity contribution in [3.63, 3.8) is 0 Å². The molecule has 138 valence electrons. The minimum Gasteiger partial charge on any atom is -0.364 e. The smallest absolute Gasteiger partial charge is 0.289 e. The lowest BCUT2D eigenvalue weighted by atomic mass is 10.1. The summed E-state index contributed by atoms with van der Waals surface area (Å²) in [6.07, 6.45) is 1.07.